The van der Waals surface area contributed by atoms with E-state index in [0.29, 0.717) is 9.90 Å². The molecule has 1 nitrogen and oxygen atoms in total. The minimum absolute atomic E-state index is 0.0207. The standard InChI is InChI=1S/C15H15ClOS/c1-3-10-5-6-12(9-11(10)4-2)14(17)15-13(16)7-8-18-15/h5-9H,3-4H2,1-2H3. The van der Waals surface area contributed by atoms with Gasteiger partial charge < -0.3 is 0 Å². The lowest BCUT2D eigenvalue weighted by molar-refractivity contribution is 0.104. The molecule has 0 saturated carbocycles. The summed E-state index contributed by atoms with van der Waals surface area (Å²) in [6.45, 7) is 4.24. The highest BCUT2D eigenvalue weighted by molar-refractivity contribution is 7.13. The van der Waals surface area contributed by atoms with Crippen LogP contribution >= 0.6 is 22.9 Å². The summed E-state index contributed by atoms with van der Waals surface area (Å²) in [6, 6.07) is 7.71. The van der Waals surface area contributed by atoms with E-state index in [-0.39, 0.29) is 5.78 Å². The van der Waals surface area contributed by atoms with Crippen molar-refractivity contribution in [1.29, 1.82) is 0 Å². The Balaban J connectivity index is 2.40. The molecule has 3 heteroatoms. The van der Waals surface area contributed by atoms with Crippen molar-refractivity contribution in [2.45, 2.75) is 26.7 Å². The molecule has 0 atom stereocenters. The van der Waals surface area contributed by atoms with Gasteiger partial charge in [0.2, 0.25) is 5.78 Å². The molecule has 2 aromatic rings. The Morgan fingerprint density at radius 1 is 1.17 bits per heavy atom. The van der Waals surface area contributed by atoms with Crippen molar-refractivity contribution in [3.8, 4) is 0 Å². The summed E-state index contributed by atoms with van der Waals surface area (Å²) in [5.41, 5.74) is 3.29. The number of rotatable bonds is 4. The highest BCUT2D eigenvalue weighted by atomic mass is 35.5. The first kappa shape index (κ1) is 13.3. The molecule has 18 heavy (non-hydrogen) atoms. The Kier molecular flexibility index (Phi) is 4.20. The SMILES string of the molecule is CCc1ccc(C(=O)c2sccc2Cl)cc1CC. The largest absolute Gasteiger partial charge is 0.288 e. The first-order valence-corrected chi connectivity index (χ1v) is 7.32. The Bertz CT molecular complexity index is 572. The number of aryl methyl sites for hydroxylation is 2. The molecule has 0 radical (unpaired) electrons. The van der Waals surface area contributed by atoms with Crippen LogP contribution in [0.4, 0.5) is 0 Å². The topological polar surface area (TPSA) is 17.1 Å². The van der Waals surface area contributed by atoms with Crippen LogP contribution in [-0.2, 0) is 12.8 Å². The summed E-state index contributed by atoms with van der Waals surface area (Å²) < 4.78 is 0. The number of ketones is 1. The number of halogens is 1. The van der Waals surface area contributed by atoms with Gasteiger partial charge in [0.25, 0.3) is 0 Å². The lowest BCUT2D eigenvalue weighted by atomic mass is 9.98. The molecule has 0 bridgehead atoms. The van der Waals surface area contributed by atoms with E-state index in [1.807, 2.05) is 23.6 Å². The smallest absolute Gasteiger partial charge is 0.204 e. The molecule has 1 aromatic carbocycles. The second-order valence-corrected chi connectivity index (χ2v) is 5.44. The van der Waals surface area contributed by atoms with E-state index in [9.17, 15) is 4.79 Å². The lowest BCUT2D eigenvalue weighted by Gasteiger charge is -2.08. The molecule has 0 unspecified atom stereocenters. The number of carbonyl (C=O) groups excluding carboxylic acids is 1. The molecular formula is C15H15ClOS. The zero-order valence-corrected chi connectivity index (χ0v) is 12.1. The van der Waals surface area contributed by atoms with E-state index in [1.54, 1.807) is 6.07 Å². The third kappa shape index (κ3) is 2.50. The van der Waals surface area contributed by atoms with E-state index in [2.05, 4.69) is 13.8 Å². The van der Waals surface area contributed by atoms with Crippen LogP contribution in [0.5, 0.6) is 0 Å². The summed E-state index contributed by atoms with van der Waals surface area (Å²) >= 11 is 7.40. The monoisotopic (exact) mass is 278 g/mol. The van der Waals surface area contributed by atoms with Gasteiger partial charge >= 0.3 is 0 Å². The van der Waals surface area contributed by atoms with Crippen molar-refractivity contribution in [1.82, 2.24) is 0 Å². The van der Waals surface area contributed by atoms with Gasteiger partial charge in [-0.3, -0.25) is 4.79 Å². The maximum atomic E-state index is 12.3. The van der Waals surface area contributed by atoms with Gasteiger partial charge in [-0.1, -0.05) is 37.6 Å². The van der Waals surface area contributed by atoms with Gasteiger partial charge in [0.05, 0.1) is 9.90 Å². The summed E-state index contributed by atoms with van der Waals surface area (Å²) in [5, 5.41) is 2.39. The maximum Gasteiger partial charge on any atom is 0.204 e. The van der Waals surface area contributed by atoms with E-state index < -0.39 is 0 Å². The summed E-state index contributed by atoms with van der Waals surface area (Å²) in [7, 11) is 0. The maximum absolute atomic E-state index is 12.3. The third-order valence-corrected chi connectivity index (χ3v) is 4.39. The van der Waals surface area contributed by atoms with Crippen molar-refractivity contribution in [2.24, 2.45) is 0 Å². The highest BCUT2D eigenvalue weighted by Crippen LogP contribution is 2.26. The fourth-order valence-electron chi connectivity index (χ4n) is 2.03. The number of carbonyl (C=O) groups is 1. The Labute approximate surface area is 116 Å². The molecule has 0 amide bonds. The Hall–Kier alpha value is -1.12. The highest BCUT2D eigenvalue weighted by Gasteiger charge is 2.15. The quantitative estimate of drug-likeness (QED) is 0.737. The molecule has 1 aromatic heterocycles. The van der Waals surface area contributed by atoms with Crippen LogP contribution in [0.1, 0.15) is 40.2 Å². The van der Waals surface area contributed by atoms with E-state index in [1.165, 1.54) is 22.5 Å². The van der Waals surface area contributed by atoms with Gasteiger partial charge in [0, 0.05) is 5.56 Å². The predicted molar refractivity (Wildman–Crippen MR) is 78.0 cm³/mol. The zero-order chi connectivity index (χ0) is 13.1. The van der Waals surface area contributed by atoms with E-state index in [0.717, 1.165) is 18.4 Å². The molecule has 0 fully saturated rings. The lowest BCUT2D eigenvalue weighted by Crippen LogP contribution is -2.02. The molecular weight excluding hydrogens is 264 g/mol. The second kappa shape index (κ2) is 5.68. The first-order valence-electron chi connectivity index (χ1n) is 6.06. The molecule has 0 saturated heterocycles. The molecule has 94 valence electrons. The van der Waals surface area contributed by atoms with Crippen LogP contribution in [0, 0.1) is 0 Å². The minimum Gasteiger partial charge on any atom is -0.288 e. The minimum atomic E-state index is 0.0207. The first-order chi connectivity index (χ1) is 8.67. The number of hydrogen-bond donors (Lipinski definition) is 0. The molecule has 2 rings (SSSR count). The van der Waals surface area contributed by atoms with Crippen LogP contribution in [0.25, 0.3) is 0 Å². The molecule has 0 spiro atoms. The van der Waals surface area contributed by atoms with Crippen LogP contribution in [0.3, 0.4) is 0 Å². The fourth-order valence-corrected chi connectivity index (χ4v) is 3.13. The fraction of sp³-hybridized carbons (Fsp3) is 0.267. The third-order valence-electron chi connectivity index (χ3n) is 3.05. The molecule has 0 aliphatic heterocycles. The van der Waals surface area contributed by atoms with Crippen LogP contribution in [0.15, 0.2) is 29.6 Å². The van der Waals surface area contributed by atoms with Gasteiger partial charge in [0.1, 0.15) is 0 Å². The molecule has 0 aliphatic carbocycles. The van der Waals surface area contributed by atoms with Crippen LogP contribution in [0.2, 0.25) is 5.02 Å². The van der Waals surface area contributed by atoms with Crippen molar-refractivity contribution in [3.63, 3.8) is 0 Å². The van der Waals surface area contributed by atoms with Crippen molar-refractivity contribution in [2.75, 3.05) is 0 Å². The van der Waals surface area contributed by atoms with Gasteiger partial charge in [-0.05, 0) is 41.5 Å². The van der Waals surface area contributed by atoms with E-state index in [4.69, 9.17) is 11.6 Å². The van der Waals surface area contributed by atoms with Gasteiger partial charge in [-0.15, -0.1) is 11.3 Å². The second-order valence-electron chi connectivity index (χ2n) is 4.12. The van der Waals surface area contributed by atoms with Crippen molar-refractivity contribution >= 4 is 28.7 Å². The molecule has 0 N–H and O–H groups in total. The van der Waals surface area contributed by atoms with Crippen LogP contribution < -0.4 is 0 Å². The average Bonchev–Trinajstić information content (AvgIpc) is 2.83. The van der Waals surface area contributed by atoms with Gasteiger partial charge in [0.15, 0.2) is 0 Å². The average molecular weight is 279 g/mol. The van der Waals surface area contributed by atoms with Crippen molar-refractivity contribution in [3.05, 3.63) is 56.2 Å². The predicted octanol–water partition coefficient (Wildman–Crippen LogP) is 4.76. The Morgan fingerprint density at radius 2 is 1.89 bits per heavy atom. The molecule has 1 heterocycles. The summed E-state index contributed by atoms with van der Waals surface area (Å²) in [5.74, 6) is 0.0207. The summed E-state index contributed by atoms with van der Waals surface area (Å²) in [6.07, 6.45) is 1.94. The normalized spacial score (nSPS) is 10.6. The zero-order valence-electron chi connectivity index (χ0n) is 10.5. The Morgan fingerprint density at radius 3 is 2.44 bits per heavy atom. The number of thiophene rings is 1. The van der Waals surface area contributed by atoms with Gasteiger partial charge in [-0.25, -0.2) is 0 Å². The van der Waals surface area contributed by atoms with Gasteiger partial charge in [-0.2, -0.15) is 0 Å². The number of benzene rings is 1. The van der Waals surface area contributed by atoms with Crippen molar-refractivity contribution < 1.29 is 4.79 Å². The summed E-state index contributed by atoms with van der Waals surface area (Å²) in [4.78, 5) is 12.9. The van der Waals surface area contributed by atoms with Crippen LogP contribution in [-0.4, -0.2) is 5.78 Å². The number of hydrogen-bond acceptors (Lipinski definition) is 2. The van der Waals surface area contributed by atoms with E-state index >= 15 is 0 Å². The molecule has 0 aliphatic rings.